The Hall–Kier alpha value is -1.26. The topological polar surface area (TPSA) is 92.3 Å². The van der Waals surface area contributed by atoms with E-state index < -0.39 is 0 Å². The predicted molar refractivity (Wildman–Crippen MR) is 283 cm³/mol. The lowest BCUT2D eigenvalue weighted by molar-refractivity contribution is -0.423. The molecule has 64 heavy (non-hydrogen) atoms. The van der Waals surface area contributed by atoms with E-state index in [0.717, 1.165) is 64.3 Å². The normalized spacial score (nSPS) is 13.2. The van der Waals surface area contributed by atoms with E-state index in [-0.39, 0.29) is 44.8 Å². The van der Waals surface area contributed by atoms with Gasteiger partial charge in [0.1, 0.15) is 17.4 Å². The van der Waals surface area contributed by atoms with Crippen molar-refractivity contribution in [2.75, 3.05) is 26.4 Å². The van der Waals surface area contributed by atoms with Gasteiger partial charge in [0, 0.05) is 19.8 Å². The molecule has 0 bridgehead atoms. The molecule has 0 radical (unpaired) electrons. The third-order valence-corrected chi connectivity index (χ3v) is 7.54. The summed E-state index contributed by atoms with van der Waals surface area (Å²) in [4.78, 5) is 0. The van der Waals surface area contributed by atoms with Gasteiger partial charge in [-0.2, -0.15) is 0 Å². The molecule has 1 aromatic carbocycles. The Kier molecular flexibility index (Phi) is 42.6. The van der Waals surface area contributed by atoms with E-state index in [4.69, 9.17) is 33.2 Å². The van der Waals surface area contributed by atoms with Crippen LogP contribution in [-0.4, -0.2) is 83.4 Å². The number of para-hydroxylation sites is 1. The van der Waals surface area contributed by atoms with Crippen LogP contribution in [0.4, 0.5) is 0 Å². The van der Waals surface area contributed by atoms with E-state index in [0.29, 0.717) is 12.1 Å². The Morgan fingerprint density at radius 3 is 1.02 bits per heavy atom. The standard InChI is InChI=1S/C11H16O.C10H22O.C8H18O.C7H17NO.2C7H16O.C6H14O/c1-9-7-5-6-8-10(9)12-11(2,3)4;1-7-10(6,8-2)11-9(3,4)5;1-6-7(2)9-8(3,4)5;1-6(8)5-9-7(2,3)4;2*1-5-6-8-7(2,3)4;1-5-7-6(2,3)4/h5-8H,1-4H3;7-8H2,1-6H3;7H,6H2,1-5H3;6H,5,8H2,1-4H3;2*5-6H2,1-4H3;5H2,1-4H3/p+1. The number of quaternary nitrogens is 1. The molecular formula is C56H120NO7+. The summed E-state index contributed by atoms with van der Waals surface area (Å²) in [6.45, 7) is 67.9. The van der Waals surface area contributed by atoms with Crippen molar-refractivity contribution in [3.63, 3.8) is 0 Å². The van der Waals surface area contributed by atoms with Crippen molar-refractivity contribution in [3.05, 3.63) is 29.8 Å². The highest BCUT2D eigenvalue weighted by atomic mass is 16.5. The summed E-state index contributed by atoms with van der Waals surface area (Å²) in [5.41, 5.74) is 5.12. The zero-order valence-electron chi connectivity index (χ0n) is 49.4. The van der Waals surface area contributed by atoms with Gasteiger partial charge in [-0.05, 0) is 224 Å². The molecule has 0 aliphatic rings. The van der Waals surface area contributed by atoms with E-state index in [9.17, 15) is 0 Å². The maximum Gasteiger partial charge on any atom is 0.122 e. The lowest BCUT2D eigenvalue weighted by Crippen LogP contribution is -2.61. The minimum Gasteiger partial charge on any atom is -0.488 e. The van der Waals surface area contributed by atoms with Crippen LogP contribution in [0.1, 0.15) is 245 Å². The molecule has 0 aliphatic carbocycles. The lowest BCUT2D eigenvalue weighted by Gasteiger charge is -2.35. The number of hydrogen-bond donors (Lipinski definition) is 1. The Morgan fingerprint density at radius 2 is 0.859 bits per heavy atom. The number of aryl methyl sites for hydroxylation is 1. The molecule has 0 aliphatic heterocycles. The SMILES string of the molecule is CC([NH3+])COC(C)(C)C.CCC(C)(CC)OC(C)(C)C.CCC(C)OC(C)(C)C.CCCOC(C)(C)C.CCCOC(C)(C)C.CCOC(C)(C)C.Cc1ccccc1OC(C)(C)C. The second-order valence-electron chi connectivity index (χ2n) is 23.8. The van der Waals surface area contributed by atoms with Crippen LogP contribution in [0.25, 0.3) is 0 Å². The maximum absolute atomic E-state index is 5.92. The van der Waals surface area contributed by atoms with Crippen molar-refractivity contribution >= 4 is 0 Å². The first kappa shape index (κ1) is 74.3. The quantitative estimate of drug-likeness (QED) is 0.211. The molecule has 0 saturated heterocycles. The maximum atomic E-state index is 5.92. The smallest absolute Gasteiger partial charge is 0.122 e. The summed E-state index contributed by atoms with van der Waals surface area (Å²) in [5.74, 6) is 0.977. The Morgan fingerprint density at radius 1 is 0.484 bits per heavy atom. The van der Waals surface area contributed by atoms with Gasteiger partial charge in [0.15, 0.2) is 0 Å². The number of ether oxygens (including phenoxy) is 7. The van der Waals surface area contributed by atoms with Gasteiger partial charge in [-0.1, -0.05) is 52.8 Å². The number of hydrogen-bond acceptors (Lipinski definition) is 7. The summed E-state index contributed by atoms with van der Waals surface area (Å²) in [6.07, 6.45) is 5.87. The molecule has 0 spiro atoms. The fourth-order valence-electron chi connectivity index (χ4n) is 4.46. The minimum absolute atomic E-state index is 0.00799. The van der Waals surface area contributed by atoms with Crippen molar-refractivity contribution < 1.29 is 38.9 Å². The molecule has 2 unspecified atom stereocenters. The van der Waals surface area contributed by atoms with E-state index in [2.05, 4.69) is 213 Å². The fraction of sp³-hybridized carbons (Fsp3) is 0.893. The van der Waals surface area contributed by atoms with E-state index in [1.165, 1.54) is 5.56 Å². The lowest BCUT2D eigenvalue weighted by atomic mass is 9.98. The van der Waals surface area contributed by atoms with Crippen molar-refractivity contribution in [3.8, 4) is 5.75 Å². The van der Waals surface area contributed by atoms with Crippen LogP contribution in [-0.2, 0) is 28.4 Å². The molecule has 0 saturated carbocycles. The largest absolute Gasteiger partial charge is 0.488 e. The summed E-state index contributed by atoms with van der Waals surface area (Å²) < 4.78 is 38.7. The van der Waals surface area contributed by atoms with Crippen molar-refractivity contribution in [1.82, 2.24) is 0 Å². The van der Waals surface area contributed by atoms with E-state index in [1.54, 1.807) is 0 Å². The van der Waals surface area contributed by atoms with Crippen LogP contribution in [0, 0.1) is 6.92 Å². The predicted octanol–water partition coefficient (Wildman–Crippen LogP) is 15.8. The van der Waals surface area contributed by atoms with Crippen molar-refractivity contribution in [1.29, 1.82) is 0 Å². The second-order valence-corrected chi connectivity index (χ2v) is 23.8. The molecule has 0 amide bonds. The summed E-state index contributed by atoms with van der Waals surface area (Å²) in [5, 5.41) is 0. The average Bonchev–Trinajstić information content (AvgIpc) is 3.08. The molecule has 0 heterocycles. The van der Waals surface area contributed by atoms with Gasteiger partial charge in [-0.15, -0.1) is 0 Å². The van der Waals surface area contributed by atoms with Crippen LogP contribution in [0.2, 0.25) is 0 Å². The first-order chi connectivity index (χ1) is 28.4. The highest BCUT2D eigenvalue weighted by Gasteiger charge is 2.26. The molecule has 1 aromatic rings. The number of benzene rings is 1. The molecule has 2 atom stereocenters. The van der Waals surface area contributed by atoms with Crippen LogP contribution in [0.5, 0.6) is 5.75 Å². The van der Waals surface area contributed by atoms with Gasteiger partial charge < -0.3 is 38.9 Å². The van der Waals surface area contributed by atoms with Gasteiger partial charge in [-0.25, -0.2) is 0 Å². The molecular weight excluding hydrogens is 799 g/mol. The third-order valence-electron chi connectivity index (χ3n) is 7.54. The van der Waals surface area contributed by atoms with Crippen LogP contribution in [0.3, 0.4) is 0 Å². The van der Waals surface area contributed by atoms with Crippen LogP contribution >= 0.6 is 0 Å². The van der Waals surface area contributed by atoms with Gasteiger partial charge in [0.2, 0.25) is 0 Å². The first-order valence-electron chi connectivity index (χ1n) is 24.9. The Balaban J connectivity index is -0.000000155. The van der Waals surface area contributed by atoms with E-state index in [1.807, 2.05) is 32.0 Å². The number of rotatable bonds is 13. The molecule has 1 rings (SSSR count). The Labute approximate surface area is 403 Å². The van der Waals surface area contributed by atoms with Gasteiger partial charge in [0.25, 0.3) is 0 Å². The second kappa shape index (κ2) is 36.7. The molecule has 8 heteroatoms. The molecule has 0 fully saturated rings. The van der Waals surface area contributed by atoms with E-state index >= 15 is 0 Å². The minimum atomic E-state index is -0.105. The molecule has 390 valence electrons. The molecule has 0 aromatic heterocycles. The zero-order chi connectivity index (χ0) is 52.5. The third kappa shape index (κ3) is 75.1. The van der Waals surface area contributed by atoms with Crippen LogP contribution < -0.4 is 10.5 Å². The summed E-state index contributed by atoms with van der Waals surface area (Å²) in [6, 6.07) is 8.46. The summed E-state index contributed by atoms with van der Waals surface area (Å²) >= 11 is 0. The van der Waals surface area contributed by atoms with Gasteiger partial charge in [0.05, 0.1) is 51.9 Å². The molecule has 8 nitrogen and oxygen atoms in total. The molecule has 3 N–H and O–H groups in total. The first-order valence-corrected chi connectivity index (χ1v) is 24.9. The van der Waals surface area contributed by atoms with Crippen molar-refractivity contribution in [2.24, 2.45) is 0 Å². The highest BCUT2D eigenvalue weighted by molar-refractivity contribution is 5.32. The van der Waals surface area contributed by atoms with Crippen molar-refractivity contribution in [2.45, 2.75) is 304 Å². The van der Waals surface area contributed by atoms with Gasteiger partial charge >= 0.3 is 0 Å². The Bertz CT molecular complexity index is 1130. The zero-order valence-corrected chi connectivity index (χ0v) is 49.4. The summed E-state index contributed by atoms with van der Waals surface area (Å²) in [7, 11) is 0. The monoisotopic (exact) mass is 919 g/mol. The average molecular weight is 920 g/mol. The highest BCUT2D eigenvalue weighted by Crippen LogP contribution is 2.26. The van der Waals surface area contributed by atoms with Crippen LogP contribution in [0.15, 0.2) is 24.3 Å². The fourth-order valence-corrected chi connectivity index (χ4v) is 4.46. The van der Waals surface area contributed by atoms with Gasteiger partial charge in [-0.3, -0.25) is 0 Å².